The van der Waals surface area contributed by atoms with Crippen molar-refractivity contribution >= 4 is 40.7 Å². The normalized spacial score (nSPS) is 11.7. The van der Waals surface area contributed by atoms with E-state index in [1.165, 1.54) is 14.0 Å². The molecule has 0 aliphatic heterocycles. The van der Waals surface area contributed by atoms with Crippen molar-refractivity contribution in [3.63, 3.8) is 0 Å². The molecule has 1 aromatic carbocycles. The Kier molecular flexibility index (Phi) is 6.93. The number of carbonyl (C=O) groups is 2. The molecule has 0 saturated heterocycles. The van der Waals surface area contributed by atoms with Gasteiger partial charge in [0.15, 0.2) is 0 Å². The van der Waals surface area contributed by atoms with Gasteiger partial charge < -0.3 is 20.5 Å². The Morgan fingerprint density at radius 1 is 1.45 bits per heavy atom. The molecule has 0 heterocycles. The number of ether oxygens (including phenoxy) is 1. The summed E-state index contributed by atoms with van der Waals surface area (Å²) in [4.78, 5) is 22.5. The molecule has 0 aliphatic rings. The quantitative estimate of drug-likeness (QED) is 0.686. The number of rotatable bonds is 6. The van der Waals surface area contributed by atoms with E-state index < -0.39 is 12.0 Å². The Balaban J connectivity index is 3.22. The van der Waals surface area contributed by atoms with E-state index in [4.69, 9.17) is 27.9 Å². The third kappa shape index (κ3) is 4.50. The summed E-state index contributed by atoms with van der Waals surface area (Å²) in [6, 6.07) is 1.55. The molecule has 1 aromatic rings. The molecule has 0 radical (unpaired) electrons. The monoisotopic (exact) mass is 348 g/mol. The minimum Gasteiger partial charge on any atom is -0.494 e. The Labute approximate surface area is 138 Å². The number of anilines is 1. The molecule has 0 aromatic heterocycles. The molecule has 3 N–H and O–H groups in total. The number of hydrogen-bond acceptors (Lipinski definition) is 4. The molecule has 0 spiro atoms. The minimum absolute atomic E-state index is 0.0530. The summed E-state index contributed by atoms with van der Waals surface area (Å²) in [5.41, 5.74) is 1.34. The van der Waals surface area contributed by atoms with Crippen LogP contribution in [-0.2, 0) is 9.59 Å². The van der Waals surface area contributed by atoms with E-state index in [0.717, 1.165) is 0 Å². The molecule has 0 aliphatic carbocycles. The molecule has 0 saturated carbocycles. The van der Waals surface area contributed by atoms with Gasteiger partial charge in [0.2, 0.25) is 11.8 Å². The van der Waals surface area contributed by atoms with Crippen LogP contribution in [0, 0.1) is 6.92 Å². The molecule has 1 atom stereocenters. The van der Waals surface area contributed by atoms with Crippen molar-refractivity contribution < 1.29 is 19.4 Å². The van der Waals surface area contributed by atoms with E-state index in [1.54, 1.807) is 13.0 Å². The Morgan fingerprint density at radius 3 is 2.59 bits per heavy atom. The molecule has 22 heavy (non-hydrogen) atoms. The van der Waals surface area contributed by atoms with Crippen LogP contribution >= 0.6 is 23.2 Å². The number of nitrogens with one attached hydrogen (secondary N) is 2. The van der Waals surface area contributed by atoms with Crippen LogP contribution < -0.4 is 15.4 Å². The zero-order valence-corrected chi connectivity index (χ0v) is 14.0. The Hall–Kier alpha value is -1.50. The first-order chi connectivity index (χ1) is 10.3. The van der Waals surface area contributed by atoms with E-state index in [-0.39, 0.29) is 18.3 Å². The van der Waals surface area contributed by atoms with Crippen LogP contribution in [0.1, 0.15) is 24.2 Å². The lowest BCUT2D eigenvalue weighted by molar-refractivity contribution is -0.119. The maximum absolute atomic E-state index is 11.3. The number of carbonyl (C=O) groups excluding carboxylic acids is 2. The first-order valence-electron chi connectivity index (χ1n) is 6.47. The van der Waals surface area contributed by atoms with Gasteiger partial charge in [0.05, 0.1) is 12.8 Å². The summed E-state index contributed by atoms with van der Waals surface area (Å²) >= 11 is 11.5. The fraction of sp³-hybridized carbons (Fsp3) is 0.429. The van der Waals surface area contributed by atoms with Crippen molar-refractivity contribution in [2.75, 3.05) is 24.9 Å². The van der Waals surface area contributed by atoms with Gasteiger partial charge >= 0.3 is 0 Å². The van der Waals surface area contributed by atoms with Gasteiger partial charge in [0, 0.05) is 24.1 Å². The lowest BCUT2D eigenvalue weighted by Crippen LogP contribution is -2.29. The fourth-order valence-electron chi connectivity index (χ4n) is 2.01. The number of aliphatic hydroxyl groups excluding tert-OH is 1. The lowest BCUT2D eigenvalue weighted by Gasteiger charge is -2.21. The first kappa shape index (κ1) is 18.5. The Morgan fingerprint density at radius 2 is 2.09 bits per heavy atom. The molecule has 0 bridgehead atoms. The fourth-order valence-corrected chi connectivity index (χ4v) is 2.31. The van der Waals surface area contributed by atoms with Gasteiger partial charge in [-0.05, 0) is 18.6 Å². The van der Waals surface area contributed by atoms with Crippen LogP contribution in [0.15, 0.2) is 6.07 Å². The van der Waals surface area contributed by atoms with Crippen LogP contribution in [0.4, 0.5) is 5.69 Å². The molecule has 2 amide bonds. The van der Waals surface area contributed by atoms with E-state index >= 15 is 0 Å². The zero-order valence-electron chi connectivity index (χ0n) is 12.5. The van der Waals surface area contributed by atoms with Gasteiger partial charge in [-0.3, -0.25) is 9.59 Å². The summed E-state index contributed by atoms with van der Waals surface area (Å²) in [5.74, 6) is -0.601. The number of amides is 2. The average Bonchev–Trinajstić information content (AvgIpc) is 2.46. The second-order valence-electron chi connectivity index (χ2n) is 4.61. The number of alkyl halides is 1. The molecular weight excluding hydrogens is 331 g/mol. The largest absolute Gasteiger partial charge is 0.494 e. The number of halogens is 2. The summed E-state index contributed by atoms with van der Waals surface area (Å²) in [6.07, 6.45) is -1.06. The molecule has 1 rings (SSSR count). The van der Waals surface area contributed by atoms with Gasteiger partial charge in [-0.1, -0.05) is 11.6 Å². The van der Waals surface area contributed by atoms with Gasteiger partial charge in [-0.2, -0.15) is 0 Å². The van der Waals surface area contributed by atoms with Crippen molar-refractivity contribution in [1.82, 2.24) is 5.32 Å². The highest BCUT2D eigenvalue weighted by atomic mass is 35.5. The van der Waals surface area contributed by atoms with Crippen molar-refractivity contribution in [3.05, 3.63) is 22.2 Å². The van der Waals surface area contributed by atoms with Gasteiger partial charge in [-0.25, -0.2) is 0 Å². The lowest BCUT2D eigenvalue weighted by atomic mass is 10.00. The number of hydrogen-bond donors (Lipinski definition) is 3. The number of methoxy groups -OCH3 is 1. The molecular formula is C14H18Cl2N2O4. The third-order valence-corrected chi connectivity index (χ3v) is 3.62. The Bertz CT molecular complexity index is 578. The topological polar surface area (TPSA) is 87.7 Å². The van der Waals surface area contributed by atoms with Crippen molar-refractivity contribution in [2.45, 2.75) is 20.0 Å². The number of benzene rings is 1. The number of aliphatic hydroxyl groups is 1. The van der Waals surface area contributed by atoms with Gasteiger partial charge in [-0.15, -0.1) is 11.6 Å². The third-order valence-electron chi connectivity index (χ3n) is 2.98. The zero-order chi connectivity index (χ0) is 16.9. The molecule has 122 valence electrons. The van der Waals surface area contributed by atoms with Crippen LogP contribution in [0.5, 0.6) is 5.75 Å². The second-order valence-corrected chi connectivity index (χ2v) is 5.29. The van der Waals surface area contributed by atoms with Crippen LogP contribution in [0.2, 0.25) is 5.02 Å². The summed E-state index contributed by atoms with van der Waals surface area (Å²) in [6.45, 7) is 3.01. The minimum atomic E-state index is -1.06. The second kappa shape index (κ2) is 8.22. The van der Waals surface area contributed by atoms with Crippen LogP contribution in [0.3, 0.4) is 0 Å². The van der Waals surface area contributed by atoms with Crippen molar-refractivity contribution in [1.29, 1.82) is 0 Å². The summed E-state index contributed by atoms with van der Waals surface area (Å²) in [5, 5.41) is 15.8. The summed E-state index contributed by atoms with van der Waals surface area (Å²) in [7, 11) is 1.42. The van der Waals surface area contributed by atoms with Crippen molar-refractivity contribution in [2.24, 2.45) is 0 Å². The van der Waals surface area contributed by atoms with Crippen molar-refractivity contribution in [3.8, 4) is 5.75 Å². The predicted octanol–water partition coefficient (Wildman–Crippen LogP) is 2.00. The molecule has 6 nitrogen and oxygen atoms in total. The molecule has 8 heteroatoms. The van der Waals surface area contributed by atoms with Crippen LogP contribution in [0.25, 0.3) is 0 Å². The standard InChI is InChI=1S/C14H18Cl2N2O4/c1-7-9(16)4-10(18-8(2)19)14(22-3)13(7)11(20)6-17-12(21)5-15/h4,11,20H,5-6H2,1-3H3,(H,17,21)(H,18,19). The molecule has 0 fully saturated rings. The first-order valence-corrected chi connectivity index (χ1v) is 7.38. The van der Waals surface area contributed by atoms with Gasteiger partial charge in [0.1, 0.15) is 17.7 Å². The van der Waals surface area contributed by atoms with Crippen LogP contribution in [-0.4, -0.2) is 36.5 Å². The highest BCUT2D eigenvalue weighted by Gasteiger charge is 2.22. The van der Waals surface area contributed by atoms with E-state index in [1.807, 2.05) is 0 Å². The average molecular weight is 349 g/mol. The van der Waals surface area contributed by atoms with E-state index in [0.29, 0.717) is 27.6 Å². The summed E-state index contributed by atoms with van der Waals surface area (Å²) < 4.78 is 5.30. The van der Waals surface area contributed by atoms with E-state index in [2.05, 4.69) is 10.6 Å². The van der Waals surface area contributed by atoms with E-state index in [9.17, 15) is 14.7 Å². The van der Waals surface area contributed by atoms with Gasteiger partial charge in [0.25, 0.3) is 0 Å². The highest BCUT2D eigenvalue weighted by Crippen LogP contribution is 2.39. The highest BCUT2D eigenvalue weighted by molar-refractivity contribution is 6.32. The maximum Gasteiger partial charge on any atom is 0.235 e. The maximum atomic E-state index is 11.3. The predicted molar refractivity (Wildman–Crippen MR) is 85.7 cm³/mol. The SMILES string of the molecule is COc1c(NC(C)=O)cc(Cl)c(C)c1C(O)CNC(=O)CCl. The molecule has 1 unspecified atom stereocenters. The smallest absolute Gasteiger partial charge is 0.235 e.